The average molecular weight is 1930 g/mol. The van der Waals surface area contributed by atoms with Crippen molar-refractivity contribution in [3.05, 3.63) is 429 Å². The number of hydrogen-bond donors (Lipinski definition) is 0. The standard InChI is InChI=1S/2C37H43N.C35H39N.C33H35N/c2*1-24(2)28-20-19-27(26-15-11-10-12-16-26)23-33(28)38(36(5,6)7)32-22-21-30-29-17-13-14-18-31(29)37(8,9)35(30)34(32)25(3)4;1-8-24-19-20-26(25-15-11-10-12-16-25)23-32(24)36(34(3,4)5)31-22-21-29-28-17-13-14-18-30(28)35(6,7)33(29)27(31)9-2;1-22-17-18-25(24-13-9-8-10-14-24)21-30(22)34(32(3,4)5)29-20-19-27-26-15-11-12-16-28(26)33(6,7)31(27)23(29)2/h2*10-25H,1-9H3;10-23H,8-9H2,1-7H3;8-21H,1-7H3/i2*24D,25D;8D,9D;. The fourth-order valence-electron chi connectivity index (χ4n) is 24.6. The SMILES string of the molecule is Cc1ccc(-c2ccccc2)cc1N(c1ccc2c(c1C)C(C)(C)c1ccccc1-2)C(C)(C)C.[2H]C(C)(C)c1ccc(-c2ccccc2)cc1N(c1ccc2c(c1C([2H])(C)C)C(C)(C)c1ccccc1-2)C(C)(C)C.[2H]C(C)(C)c1ccc(-c2ccccc2)cc1N(c1ccc2c(c1C([2H])(C)C)C(C)(C)c1ccccc1-2)C(C)(C)C.[2H]C(C)c1ccc(-c2ccccc2)cc1N(c1ccc2c(c1C([2H])C)C(C)(C)c1ccccc1-2)C(C)(C)C. The molecular weight excluding hydrogens is 1760 g/mol. The zero-order valence-corrected chi connectivity index (χ0v) is 93.3. The summed E-state index contributed by atoms with van der Waals surface area (Å²) in [6.45, 7) is 69.9. The Morgan fingerprint density at radius 2 is 0.507 bits per heavy atom. The van der Waals surface area contributed by atoms with Crippen LogP contribution in [0.4, 0.5) is 45.5 Å². The van der Waals surface area contributed by atoms with Crippen molar-refractivity contribution in [2.75, 3.05) is 19.6 Å². The summed E-state index contributed by atoms with van der Waals surface area (Å²) in [6.07, 6.45) is -0.792. The Morgan fingerprint density at radius 3 is 0.836 bits per heavy atom. The van der Waals surface area contributed by atoms with Gasteiger partial charge < -0.3 is 19.6 Å². The monoisotopic (exact) mass is 1930 g/mol. The highest BCUT2D eigenvalue weighted by atomic mass is 15.2. The van der Waals surface area contributed by atoms with Crippen LogP contribution in [0.2, 0.25) is 0 Å². The second-order valence-electron chi connectivity index (χ2n) is 47.8. The molecule has 0 heterocycles. The number of hydrogen-bond acceptors (Lipinski definition) is 4. The third-order valence-corrected chi connectivity index (χ3v) is 31.0. The van der Waals surface area contributed by atoms with E-state index in [1.54, 1.807) is 0 Å². The topological polar surface area (TPSA) is 13.0 Å². The van der Waals surface area contributed by atoms with E-state index in [1.807, 2.05) is 87.4 Å². The Labute approximate surface area is 887 Å². The van der Waals surface area contributed by atoms with Crippen LogP contribution in [0.15, 0.2) is 340 Å². The molecule has 4 nitrogen and oxygen atoms in total. The van der Waals surface area contributed by atoms with Gasteiger partial charge in [-0.05, 0) is 360 Å². The maximum Gasteiger partial charge on any atom is 0.0457 e. The molecule has 16 aromatic rings. The van der Waals surface area contributed by atoms with Crippen molar-refractivity contribution in [3.8, 4) is 89.0 Å². The van der Waals surface area contributed by atoms with E-state index in [0.717, 1.165) is 101 Å². The summed E-state index contributed by atoms with van der Waals surface area (Å²) in [4.78, 5) is 9.73. The maximum atomic E-state index is 9.52. The van der Waals surface area contributed by atoms with Gasteiger partial charge in [0.2, 0.25) is 0 Å². The van der Waals surface area contributed by atoms with Gasteiger partial charge in [0.05, 0.1) is 0 Å². The van der Waals surface area contributed by atoms with Gasteiger partial charge in [-0.15, -0.1) is 0 Å². The minimum absolute atomic E-state index is 0.0174. The predicted molar refractivity (Wildman–Crippen MR) is 636 cm³/mol. The van der Waals surface area contributed by atoms with Gasteiger partial charge in [-0.3, -0.25) is 0 Å². The van der Waals surface area contributed by atoms with E-state index >= 15 is 0 Å². The highest BCUT2D eigenvalue weighted by Crippen LogP contribution is 2.61. The van der Waals surface area contributed by atoms with Crippen LogP contribution in [0.25, 0.3) is 89.0 Å². The lowest BCUT2D eigenvalue weighted by molar-refractivity contribution is 0.552. The lowest BCUT2D eigenvalue weighted by Gasteiger charge is -2.42. The summed E-state index contributed by atoms with van der Waals surface area (Å²) < 4.78 is 55.2. The fraction of sp³-hybridized carbons (Fsp3) is 0.324. The largest absolute Gasteiger partial charge is 0.336 e. The summed E-state index contributed by atoms with van der Waals surface area (Å²) in [5.74, 6) is -3.32. The minimum Gasteiger partial charge on any atom is -0.336 e. The number of benzene rings is 16. The molecule has 0 N–H and O–H groups in total. The quantitative estimate of drug-likeness (QED) is 0.0849. The molecule has 146 heavy (non-hydrogen) atoms. The van der Waals surface area contributed by atoms with E-state index in [4.69, 9.17) is 5.48 Å². The van der Waals surface area contributed by atoms with E-state index in [9.17, 15) is 2.74 Å². The van der Waals surface area contributed by atoms with Crippen LogP contribution in [0.1, 0.15) is 329 Å². The molecule has 0 saturated carbocycles. The van der Waals surface area contributed by atoms with Crippen molar-refractivity contribution < 1.29 is 8.22 Å². The van der Waals surface area contributed by atoms with E-state index < -0.39 is 30.0 Å². The summed E-state index contributed by atoms with van der Waals surface area (Å²) >= 11 is 0. The van der Waals surface area contributed by atoms with Gasteiger partial charge in [0.25, 0.3) is 0 Å². The zero-order chi connectivity index (χ0) is 110. The van der Waals surface area contributed by atoms with Crippen molar-refractivity contribution in [2.45, 2.75) is 302 Å². The molecule has 0 amide bonds. The first kappa shape index (κ1) is 96.2. The lowest BCUT2D eigenvalue weighted by Crippen LogP contribution is -2.39. The second kappa shape index (κ2) is 40.2. The van der Waals surface area contributed by atoms with Crippen molar-refractivity contribution in [2.24, 2.45) is 0 Å². The molecule has 0 radical (unpaired) electrons. The molecule has 16 aromatic carbocycles. The molecule has 748 valence electrons. The smallest absolute Gasteiger partial charge is 0.0457 e. The van der Waals surface area contributed by atoms with Crippen LogP contribution in [-0.2, 0) is 34.5 Å². The van der Waals surface area contributed by atoms with Gasteiger partial charge >= 0.3 is 0 Å². The Kier molecular flexibility index (Phi) is 26.5. The van der Waals surface area contributed by atoms with Crippen molar-refractivity contribution >= 4 is 45.5 Å². The van der Waals surface area contributed by atoms with Crippen LogP contribution in [0, 0.1) is 13.8 Å². The molecule has 4 aliphatic rings. The second-order valence-corrected chi connectivity index (χ2v) is 47.8. The van der Waals surface area contributed by atoms with Gasteiger partial charge in [-0.2, -0.15) is 0 Å². The first-order valence-electron chi connectivity index (χ1n) is 56.1. The highest BCUT2D eigenvalue weighted by molar-refractivity contribution is 5.94. The van der Waals surface area contributed by atoms with Crippen LogP contribution < -0.4 is 19.6 Å². The molecule has 4 heteroatoms. The highest BCUT2D eigenvalue weighted by Gasteiger charge is 2.46. The lowest BCUT2D eigenvalue weighted by atomic mass is 9.77. The van der Waals surface area contributed by atoms with E-state index in [1.165, 1.54) is 123 Å². The van der Waals surface area contributed by atoms with Crippen LogP contribution in [0.5, 0.6) is 0 Å². The third kappa shape index (κ3) is 19.2. The molecule has 2 atom stereocenters. The maximum absolute atomic E-state index is 9.52. The molecule has 2 unspecified atom stereocenters. The third-order valence-electron chi connectivity index (χ3n) is 31.0. The number of fused-ring (bicyclic) bond motifs is 12. The van der Waals surface area contributed by atoms with Gasteiger partial charge in [0.15, 0.2) is 0 Å². The predicted octanol–water partition coefficient (Wildman–Crippen LogP) is 40.6. The van der Waals surface area contributed by atoms with Gasteiger partial charge in [-0.25, -0.2) is 0 Å². The molecule has 0 saturated heterocycles. The first-order chi connectivity index (χ1) is 71.1. The molecule has 0 aromatic heterocycles. The van der Waals surface area contributed by atoms with Gasteiger partial charge in [0, 0.05) is 97.5 Å². The summed E-state index contributed by atoms with van der Waals surface area (Å²) in [5, 5.41) is 0. The first-order valence-corrected chi connectivity index (χ1v) is 53.0. The molecule has 20 rings (SSSR count). The van der Waals surface area contributed by atoms with E-state index in [-0.39, 0.29) is 50.2 Å². The average Bonchev–Trinajstić information content (AvgIpc) is 1.52. The zero-order valence-electron chi connectivity index (χ0n) is 99.3. The van der Waals surface area contributed by atoms with Crippen molar-refractivity contribution in [1.82, 2.24) is 0 Å². The van der Waals surface area contributed by atoms with Gasteiger partial charge in [0.1, 0.15) is 0 Å². The molecular formula is C142H160N4. The summed E-state index contributed by atoms with van der Waals surface area (Å²) in [5.41, 5.74) is 46.0. The van der Waals surface area contributed by atoms with E-state index in [2.05, 4.69) is 493 Å². The molecule has 0 spiro atoms. The number of anilines is 8. The summed E-state index contributed by atoms with van der Waals surface area (Å²) in [7, 11) is 0. The van der Waals surface area contributed by atoms with Crippen molar-refractivity contribution in [1.29, 1.82) is 0 Å². The molecule has 0 aliphatic heterocycles. The Bertz CT molecular complexity index is 7580. The number of rotatable bonds is 18. The molecule has 4 aliphatic carbocycles. The van der Waals surface area contributed by atoms with Crippen molar-refractivity contribution in [3.63, 3.8) is 0 Å². The van der Waals surface area contributed by atoms with Crippen LogP contribution in [0.3, 0.4) is 0 Å². The normalized spacial score (nSPS) is 15.3. The molecule has 0 fully saturated rings. The Balaban J connectivity index is 0.000000138. The fourth-order valence-corrected chi connectivity index (χ4v) is 24.6. The van der Waals surface area contributed by atoms with Gasteiger partial charge in [-0.1, -0.05) is 416 Å². The van der Waals surface area contributed by atoms with E-state index in [0.29, 0.717) is 0 Å². The van der Waals surface area contributed by atoms with Crippen LogP contribution in [-0.4, -0.2) is 22.2 Å². The van der Waals surface area contributed by atoms with Crippen LogP contribution >= 0.6 is 0 Å². The Morgan fingerprint density at radius 1 is 0.240 bits per heavy atom. The number of aryl methyl sites for hydroxylation is 2. The molecule has 0 bridgehead atoms. The summed E-state index contributed by atoms with van der Waals surface area (Å²) in [6, 6.07) is 122. The number of nitrogens with zero attached hydrogens (tertiary/aromatic N) is 4. The Hall–Kier alpha value is -13.3. The minimum atomic E-state index is -0.850.